The third-order valence-corrected chi connectivity index (χ3v) is 5.92. The van der Waals surface area contributed by atoms with Gasteiger partial charge in [0.2, 0.25) is 5.91 Å². The Morgan fingerprint density at radius 1 is 1.29 bits per heavy atom. The lowest BCUT2D eigenvalue weighted by atomic mass is 10.0. The summed E-state index contributed by atoms with van der Waals surface area (Å²) in [4.78, 5) is 17.2. The number of amides is 1. The average Bonchev–Trinajstić information content (AvgIpc) is 3.19. The summed E-state index contributed by atoms with van der Waals surface area (Å²) >= 11 is 1.43. The predicted molar refractivity (Wildman–Crippen MR) is 117 cm³/mol. The third-order valence-electron chi connectivity index (χ3n) is 4.42. The zero-order valence-electron chi connectivity index (χ0n) is 16.6. The van der Waals surface area contributed by atoms with E-state index in [1.807, 2.05) is 17.0 Å². The van der Waals surface area contributed by atoms with Crippen LogP contribution < -0.4 is 10.0 Å². The first-order valence-electron chi connectivity index (χ1n) is 9.46. The molecule has 163 valence electrons. The number of hydrogen-bond acceptors (Lipinski definition) is 5. The van der Waals surface area contributed by atoms with Crippen molar-refractivity contribution >= 4 is 33.2 Å². The Bertz CT molecular complexity index is 1150. The van der Waals surface area contributed by atoms with Crippen molar-refractivity contribution in [3.63, 3.8) is 0 Å². The predicted octanol–water partition coefficient (Wildman–Crippen LogP) is 3.50. The van der Waals surface area contributed by atoms with Crippen LogP contribution >= 0.6 is 11.3 Å². The van der Waals surface area contributed by atoms with Crippen molar-refractivity contribution in [2.24, 2.45) is 0 Å². The highest BCUT2D eigenvalue weighted by Gasteiger charge is 2.20. The van der Waals surface area contributed by atoms with E-state index >= 15 is 0 Å². The molecule has 1 radical (unpaired) electrons. The fourth-order valence-electron chi connectivity index (χ4n) is 2.92. The zero-order valence-corrected chi connectivity index (χ0v) is 18.3. The minimum atomic E-state index is -4.37. The van der Waals surface area contributed by atoms with Gasteiger partial charge >= 0.3 is 10.3 Å². The van der Waals surface area contributed by atoms with E-state index in [2.05, 4.69) is 16.4 Å². The molecule has 0 spiro atoms. The number of carbonyl (C=O) groups excluding carboxylic acids is 1. The van der Waals surface area contributed by atoms with E-state index in [0.717, 1.165) is 12.1 Å². The summed E-state index contributed by atoms with van der Waals surface area (Å²) in [6, 6.07) is 13.1. The molecule has 0 aliphatic heterocycles. The topological polar surface area (TPSA) is 108 Å². The van der Waals surface area contributed by atoms with E-state index in [4.69, 9.17) is 4.55 Å². The molecule has 0 aliphatic carbocycles. The van der Waals surface area contributed by atoms with Gasteiger partial charge in [0.1, 0.15) is 10.8 Å². The summed E-state index contributed by atoms with van der Waals surface area (Å²) in [5.41, 5.74) is 2.07. The number of carbonyl (C=O) groups is 1. The summed E-state index contributed by atoms with van der Waals surface area (Å²) in [5, 5.41) is 5.56. The minimum absolute atomic E-state index is 0.101. The van der Waals surface area contributed by atoms with Gasteiger partial charge in [0, 0.05) is 5.38 Å². The maximum atomic E-state index is 13.9. The Balaban J connectivity index is 1.76. The number of aryl methyl sites for hydroxylation is 1. The summed E-state index contributed by atoms with van der Waals surface area (Å²) in [6.07, 6.45) is 1.01. The van der Waals surface area contributed by atoms with Crippen LogP contribution in [0.4, 0.5) is 10.1 Å². The molecule has 3 aromatic rings. The highest BCUT2D eigenvalue weighted by Crippen LogP contribution is 2.24. The van der Waals surface area contributed by atoms with Gasteiger partial charge in [0.05, 0.1) is 23.8 Å². The van der Waals surface area contributed by atoms with Crippen molar-refractivity contribution in [1.29, 1.82) is 0 Å². The molecule has 1 unspecified atom stereocenters. The van der Waals surface area contributed by atoms with Crippen LogP contribution in [-0.2, 0) is 34.4 Å². The smallest absolute Gasteiger partial charge is 0.346 e. The number of rotatable bonds is 9. The first kappa shape index (κ1) is 22.9. The first-order valence-corrected chi connectivity index (χ1v) is 11.8. The van der Waals surface area contributed by atoms with Crippen LogP contribution in [-0.4, -0.2) is 23.9 Å². The molecule has 7 nitrogen and oxygen atoms in total. The molecule has 0 fully saturated rings. The summed E-state index contributed by atoms with van der Waals surface area (Å²) in [5.74, 6) is -0.778. The van der Waals surface area contributed by atoms with Crippen molar-refractivity contribution in [3.8, 4) is 0 Å². The van der Waals surface area contributed by atoms with Crippen LogP contribution in [0.25, 0.3) is 0 Å². The second-order valence-corrected chi connectivity index (χ2v) is 8.85. The van der Waals surface area contributed by atoms with Crippen LogP contribution in [0.15, 0.2) is 47.8 Å². The maximum absolute atomic E-state index is 13.9. The van der Waals surface area contributed by atoms with E-state index in [0.29, 0.717) is 22.6 Å². The molecule has 1 amide bonds. The second-order valence-electron chi connectivity index (χ2n) is 6.80. The van der Waals surface area contributed by atoms with Gasteiger partial charge in [-0.25, -0.2) is 9.37 Å². The lowest BCUT2D eigenvalue weighted by molar-refractivity contribution is -0.121. The molecule has 0 saturated heterocycles. The highest BCUT2D eigenvalue weighted by atomic mass is 32.2. The third kappa shape index (κ3) is 6.84. The Labute approximate surface area is 184 Å². The number of thiazole rings is 1. The summed E-state index contributed by atoms with van der Waals surface area (Å²) in [7, 11) is -4.37. The van der Waals surface area contributed by atoms with Crippen LogP contribution in [0, 0.1) is 11.9 Å². The van der Waals surface area contributed by atoms with Crippen LogP contribution in [0.2, 0.25) is 0 Å². The normalized spacial score (nSPS) is 12.4. The fraction of sp³-hybridized carbons (Fsp3) is 0.238. The molecular weight excluding hydrogens is 441 g/mol. The Hall–Kier alpha value is -2.82. The number of halogens is 1. The molecule has 0 saturated carbocycles. The first-order chi connectivity index (χ1) is 14.7. The van der Waals surface area contributed by atoms with Crippen LogP contribution in [0.5, 0.6) is 0 Å². The van der Waals surface area contributed by atoms with Crippen molar-refractivity contribution in [2.45, 2.75) is 32.2 Å². The summed E-state index contributed by atoms with van der Waals surface area (Å²) < 4.78 is 46.6. The number of hydrogen-bond donors (Lipinski definition) is 3. The molecule has 3 N–H and O–H groups in total. The van der Waals surface area contributed by atoms with Gasteiger partial charge in [-0.05, 0) is 48.2 Å². The minimum Gasteiger partial charge on any atom is -0.346 e. The lowest BCUT2D eigenvalue weighted by Crippen LogP contribution is -2.31. The molecule has 31 heavy (non-hydrogen) atoms. The second kappa shape index (κ2) is 9.99. The Morgan fingerprint density at radius 2 is 2.06 bits per heavy atom. The van der Waals surface area contributed by atoms with Crippen LogP contribution in [0.1, 0.15) is 34.8 Å². The number of benzene rings is 2. The van der Waals surface area contributed by atoms with Crippen molar-refractivity contribution in [2.75, 3.05) is 4.72 Å². The molecule has 1 atom stereocenters. The molecule has 1 heterocycles. The molecule has 1 aromatic heterocycles. The van der Waals surface area contributed by atoms with Crippen molar-refractivity contribution < 1.29 is 22.2 Å². The number of anilines is 1. The molecular formula is C21H21FN3O4S2. The molecule has 3 rings (SSSR count). The zero-order chi connectivity index (χ0) is 22.4. The largest absolute Gasteiger partial charge is 0.357 e. The average molecular weight is 463 g/mol. The van der Waals surface area contributed by atoms with Gasteiger partial charge in [-0.3, -0.25) is 14.1 Å². The fourth-order valence-corrected chi connectivity index (χ4v) is 4.30. The quantitative estimate of drug-likeness (QED) is 0.422. The lowest BCUT2D eigenvalue weighted by Gasteiger charge is -2.17. The number of nitrogens with zero attached hydrogens (tertiary/aromatic N) is 1. The van der Waals surface area contributed by atoms with Gasteiger partial charge in [0.25, 0.3) is 0 Å². The Morgan fingerprint density at radius 3 is 2.68 bits per heavy atom. The highest BCUT2D eigenvalue weighted by molar-refractivity contribution is 7.87. The molecule has 0 bridgehead atoms. The van der Waals surface area contributed by atoms with Crippen molar-refractivity contribution in [3.05, 3.63) is 81.6 Å². The number of aromatic nitrogens is 1. The maximum Gasteiger partial charge on any atom is 0.357 e. The van der Waals surface area contributed by atoms with Gasteiger partial charge < -0.3 is 5.32 Å². The van der Waals surface area contributed by atoms with Crippen LogP contribution in [0.3, 0.4) is 0 Å². The van der Waals surface area contributed by atoms with Gasteiger partial charge in [-0.15, -0.1) is 11.3 Å². The van der Waals surface area contributed by atoms with Gasteiger partial charge in [-0.2, -0.15) is 8.42 Å². The van der Waals surface area contributed by atoms with E-state index in [1.54, 1.807) is 24.3 Å². The van der Waals surface area contributed by atoms with E-state index in [1.165, 1.54) is 29.5 Å². The molecule has 0 aliphatic rings. The van der Waals surface area contributed by atoms with E-state index in [-0.39, 0.29) is 18.0 Å². The van der Waals surface area contributed by atoms with Gasteiger partial charge in [0.15, 0.2) is 0 Å². The monoisotopic (exact) mass is 462 g/mol. The van der Waals surface area contributed by atoms with E-state index < -0.39 is 22.2 Å². The Kier molecular flexibility index (Phi) is 7.37. The van der Waals surface area contributed by atoms with Gasteiger partial charge in [-0.1, -0.05) is 31.2 Å². The standard InChI is InChI=1S/C21H21FN3O4S2/c1-2-16-13-30-21(23-16)19(24-20(26)12-15-5-3-4-6-18(15)22)11-14-7-9-17(10-8-14)25-31(27,28)29/h3-7,9-10,13,19,25H,2,11-12H2,1H3,(H,24,26)(H,27,28,29). The SMILES string of the molecule is CCc1csc(C(Cc2[c]cc(NS(=O)(=O)O)cc2)NC(=O)Cc2ccccc2F)n1. The van der Waals surface area contributed by atoms with Crippen molar-refractivity contribution in [1.82, 2.24) is 10.3 Å². The molecule has 2 aromatic carbocycles. The number of nitrogens with one attached hydrogen (secondary N) is 2. The molecule has 10 heteroatoms. The van der Waals surface area contributed by atoms with E-state index in [9.17, 15) is 17.6 Å². The summed E-state index contributed by atoms with van der Waals surface area (Å²) in [6.45, 7) is 1.99.